The maximum atomic E-state index is 14.2. The minimum atomic E-state index is -0.936. The summed E-state index contributed by atoms with van der Waals surface area (Å²) in [4.78, 5) is 11.0. The van der Waals surface area contributed by atoms with Crippen LogP contribution in [0, 0.1) is 17.5 Å². The van der Waals surface area contributed by atoms with Gasteiger partial charge >= 0.3 is 0 Å². The lowest BCUT2D eigenvalue weighted by Crippen LogP contribution is -2.34. The largest absolute Gasteiger partial charge is 0.489 e. The normalized spacial score (nSPS) is 16.5. The van der Waals surface area contributed by atoms with E-state index < -0.39 is 11.6 Å². The van der Waals surface area contributed by atoms with Crippen molar-refractivity contribution in [2.24, 2.45) is 9.98 Å². The van der Waals surface area contributed by atoms with Gasteiger partial charge in [0.25, 0.3) is 0 Å². The molecule has 0 spiro atoms. The zero-order chi connectivity index (χ0) is 24.4. The predicted octanol–water partition coefficient (Wildman–Crippen LogP) is 5.94. The molecule has 0 aliphatic carbocycles. The summed E-state index contributed by atoms with van der Waals surface area (Å²) in [7, 11) is 0. The van der Waals surface area contributed by atoms with E-state index in [2.05, 4.69) is 21.5 Å². The van der Waals surface area contributed by atoms with Crippen LogP contribution in [0.2, 0.25) is 0 Å². The fourth-order valence-electron chi connectivity index (χ4n) is 4.14. The van der Waals surface area contributed by atoms with Crippen molar-refractivity contribution in [3.63, 3.8) is 0 Å². The van der Waals surface area contributed by atoms with E-state index in [0.717, 1.165) is 28.5 Å². The Balaban J connectivity index is 1.29. The first-order valence-electron chi connectivity index (χ1n) is 11.2. The Hall–Kier alpha value is -4.13. The summed E-state index contributed by atoms with van der Waals surface area (Å²) in [5.74, 6) is -1.53. The third kappa shape index (κ3) is 4.75. The molecule has 1 atom stereocenters. The van der Waals surface area contributed by atoms with Crippen LogP contribution in [0.15, 0.2) is 95.6 Å². The maximum absolute atomic E-state index is 14.2. The molecule has 7 heteroatoms. The van der Waals surface area contributed by atoms with Crippen LogP contribution in [0.25, 0.3) is 11.1 Å². The highest BCUT2D eigenvalue weighted by Crippen LogP contribution is 2.31. The Morgan fingerprint density at radius 3 is 2.66 bits per heavy atom. The number of amidine groups is 1. The van der Waals surface area contributed by atoms with Crippen LogP contribution in [-0.4, -0.2) is 35.6 Å². The van der Waals surface area contributed by atoms with Gasteiger partial charge in [0.2, 0.25) is 0 Å². The van der Waals surface area contributed by atoms with Gasteiger partial charge in [0.05, 0.1) is 11.3 Å². The molecule has 2 heterocycles. The van der Waals surface area contributed by atoms with Gasteiger partial charge in [-0.3, -0.25) is 4.99 Å². The molecular weight excluding hydrogens is 451 g/mol. The van der Waals surface area contributed by atoms with Gasteiger partial charge in [-0.1, -0.05) is 43.0 Å². The Morgan fingerprint density at radius 1 is 1.03 bits per heavy atom. The Morgan fingerprint density at radius 2 is 1.86 bits per heavy atom. The lowest BCUT2D eigenvalue weighted by Gasteiger charge is -2.27. The van der Waals surface area contributed by atoms with E-state index in [1.807, 2.05) is 36.5 Å². The molecule has 0 saturated heterocycles. The van der Waals surface area contributed by atoms with Crippen LogP contribution >= 0.6 is 0 Å². The maximum Gasteiger partial charge on any atom is 0.169 e. The first kappa shape index (κ1) is 22.7. The van der Waals surface area contributed by atoms with Crippen molar-refractivity contribution in [1.29, 1.82) is 0 Å². The molecule has 0 bridgehead atoms. The summed E-state index contributed by atoms with van der Waals surface area (Å²) >= 11 is 0. The minimum Gasteiger partial charge on any atom is -0.489 e. The first-order valence-corrected chi connectivity index (χ1v) is 11.2. The van der Waals surface area contributed by atoms with Crippen LogP contribution in [0.4, 0.5) is 13.2 Å². The highest BCUT2D eigenvalue weighted by molar-refractivity contribution is 6.17. The molecule has 3 aromatic carbocycles. The quantitative estimate of drug-likeness (QED) is 0.399. The van der Waals surface area contributed by atoms with E-state index >= 15 is 0 Å². The Bertz CT molecular complexity index is 1360. The average Bonchev–Trinajstić information content (AvgIpc) is 3.28. The molecule has 0 radical (unpaired) electrons. The first-order chi connectivity index (χ1) is 17.0. The van der Waals surface area contributed by atoms with Crippen molar-refractivity contribution in [3.8, 4) is 16.9 Å². The number of aliphatic imine (C=N–C) groups is 2. The summed E-state index contributed by atoms with van der Waals surface area (Å²) in [5.41, 5.74) is 3.60. The molecule has 1 unspecified atom stereocenters. The van der Waals surface area contributed by atoms with Gasteiger partial charge in [-0.05, 0) is 41.5 Å². The molecule has 0 fully saturated rings. The molecule has 4 nitrogen and oxygen atoms in total. The zero-order valence-corrected chi connectivity index (χ0v) is 18.8. The van der Waals surface area contributed by atoms with Crippen LogP contribution in [0.5, 0.6) is 5.75 Å². The molecule has 5 rings (SSSR count). The molecule has 176 valence electrons. The Kier molecular flexibility index (Phi) is 6.23. The third-order valence-corrected chi connectivity index (χ3v) is 5.86. The van der Waals surface area contributed by atoms with E-state index in [1.165, 1.54) is 24.3 Å². The second kappa shape index (κ2) is 9.62. The van der Waals surface area contributed by atoms with Gasteiger partial charge in [0.15, 0.2) is 17.5 Å². The standard InChI is InChI=1S/C28H22F3N3O/c1-2-14-35-26-15-20(29)10-11-21(26)19-8-6-18(7-9-19)16-34-13-12-24-25(17-34)33-28(32-24)22-4-3-5-23(30)27(22)31/h2-13,15,25H,1,14,16-17H2. The Labute approximate surface area is 201 Å². The van der Waals surface area contributed by atoms with Crippen molar-refractivity contribution in [1.82, 2.24) is 4.90 Å². The second-order valence-electron chi connectivity index (χ2n) is 8.29. The summed E-state index contributed by atoms with van der Waals surface area (Å²) in [6.45, 7) is 5.15. The van der Waals surface area contributed by atoms with Crippen molar-refractivity contribution >= 4 is 11.5 Å². The van der Waals surface area contributed by atoms with E-state index in [1.54, 1.807) is 12.1 Å². The highest BCUT2D eigenvalue weighted by atomic mass is 19.2. The van der Waals surface area contributed by atoms with Gasteiger partial charge in [0, 0.05) is 30.9 Å². The molecule has 2 aliphatic rings. The minimum absolute atomic E-state index is 0.0691. The molecule has 3 aromatic rings. The van der Waals surface area contributed by atoms with Gasteiger partial charge in [-0.25, -0.2) is 18.2 Å². The molecule has 0 amide bonds. The van der Waals surface area contributed by atoms with Crippen molar-refractivity contribution in [2.75, 3.05) is 13.2 Å². The van der Waals surface area contributed by atoms with Crippen molar-refractivity contribution in [3.05, 3.63) is 114 Å². The number of halogens is 3. The summed E-state index contributed by atoms with van der Waals surface area (Å²) in [6.07, 6.45) is 5.41. The zero-order valence-electron chi connectivity index (χ0n) is 18.8. The van der Waals surface area contributed by atoms with E-state index in [-0.39, 0.29) is 23.3 Å². The topological polar surface area (TPSA) is 37.2 Å². The number of benzene rings is 3. The summed E-state index contributed by atoms with van der Waals surface area (Å²) in [5, 5.41) is 0. The molecule has 0 saturated carbocycles. The second-order valence-corrected chi connectivity index (χ2v) is 8.29. The molecule has 0 N–H and O–H groups in total. The van der Waals surface area contributed by atoms with Crippen LogP contribution in [-0.2, 0) is 6.54 Å². The number of hydrogen-bond donors (Lipinski definition) is 0. The number of hydrogen-bond acceptors (Lipinski definition) is 4. The molecule has 0 aromatic heterocycles. The van der Waals surface area contributed by atoms with Crippen LogP contribution < -0.4 is 4.74 Å². The number of ether oxygens (including phenoxy) is 1. The highest BCUT2D eigenvalue weighted by Gasteiger charge is 2.28. The third-order valence-electron chi connectivity index (χ3n) is 5.86. The molecule has 2 aliphatic heterocycles. The van der Waals surface area contributed by atoms with Crippen molar-refractivity contribution in [2.45, 2.75) is 12.6 Å². The van der Waals surface area contributed by atoms with E-state index in [0.29, 0.717) is 25.4 Å². The summed E-state index contributed by atoms with van der Waals surface area (Å²) < 4.78 is 47.1. The van der Waals surface area contributed by atoms with Gasteiger partial charge in [-0.2, -0.15) is 0 Å². The number of rotatable bonds is 7. The van der Waals surface area contributed by atoms with Gasteiger partial charge in [0.1, 0.15) is 24.2 Å². The molecule has 35 heavy (non-hydrogen) atoms. The fourth-order valence-corrected chi connectivity index (χ4v) is 4.14. The predicted molar refractivity (Wildman–Crippen MR) is 131 cm³/mol. The SMILES string of the molecule is C=CCOc1cc(F)ccc1-c1ccc(CN2C=CC3=NC(c4cccc(F)c4F)=NC3C2)cc1. The lowest BCUT2D eigenvalue weighted by atomic mass is 10.0. The smallest absolute Gasteiger partial charge is 0.169 e. The van der Waals surface area contributed by atoms with Gasteiger partial charge < -0.3 is 9.64 Å². The number of nitrogens with zero attached hydrogens (tertiary/aromatic N) is 3. The van der Waals surface area contributed by atoms with Gasteiger partial charge in [-0.15, -0.1) is 0 Å². The average molecular weight is 473 g/mol. The lowest BCUT2D eigenvalue weighted by molar-refractivity contribution is 0.360. The fraction of sp³-hybridized carbons (Fsp3) is 0.143. The number of fused-ring (bicyclic) bond motifs is 1. The van der Waals surface area contributed by atoms with Crippen LogP contribution in [0.1, 0.15) is 11.1 Å². The van der Waals surface area contributed by atoms with E-state index in [4.69, 9.17) is 4.74 Å². The monoisotopic (exact) mass is 473 g/mol. The van der Waals surface area contributed by atoms with Crippen molar-refractivity contribution < 1.29 is 17.9 Å². The van der Waals surface area contributed by atoms with E-state index in [9.17, 15) is 13.2 Å². The van der Waals surface area contributed by atoms with Crippen LogP contribution in [0.3, 0.4) is 0 Å². The summed E-state index contributed by atoms with van der Waals surface area (Å²) in [6, 6.07) is 16.2. The molecular formula is C28H22F3N3O.